The molecule has 24 heavy (non-hydrogen) atoms. The standard InChI is InChI=1S/C21H26N2O/c1-2-21(24)23(14-13-16-7-4-3-5-8-16)18-11-12-19-17(15-18)9-6-10-20(19)22/h3-10,18H,2,11-15,22H2,1H3. The van der Waals surface area contributed by atoms with Gasteiger partial charge in [0.15, 0.2) is 0 Å². The van der Waals surface area contributed by atoms with E-state index in [1.54, 1.807) is 0 Å². The quantitative estimate of drug-likeness (QED) is 0.855. The highest BCUT2D eigenvalue weighted by Crippen LogP contribution is 2.29. The number of fused-ring (bicyclic) bond motifs is 1. The monoisotopic (exact) mass is 322 g/mol. The molecule has 3 heteroatoms. The smallest absolute Gasteiger partial charge is 0.222 e. The maximum atomic E-state index is 12.5. The highest BCUT2D eigenvalue weighted by Gasteiger charge is 2.27. The van der Waals surface area contributed by atoms with Gasteiger partial charge in [-0.1, -0.05) is 49.4 Å². The maximum absolute atomic E-state index is 12.5. The Labute approximate surface area is 144 Å². The molecule has 126 valence electrons. The van der Waals surface area contributed by atoms with Crippen LogP contribution in [0.2, 0.25) is 0 Å². The van der Waals surface area contributed by atoms with Crippen LogP contribution in [0.3, 0.4) is 0 Å². The van der Waals surface area contributed by atoms with Gasteiger partial charge >= 0.3 is 0 Å². The number of hydrogen-bond acceptors (Lipinski definition) is 2. The molecule has 0 radical (unpaired) electrons. The Morgan fingerprint density at radius 2 is 1.96 bits per heavy atom. The summed E-state index contributed by atoms with van der Waals surface area (Å²) < 4.78 is 0. The van der Waals surface area contributed by atoms with Gasteiger partial charge in [-0.2, -0.15) is 0 Å². The van der Waals surface area contributed by atoms with E-state index in [1.807, 2.05) is 25.1 Å². The molecule has 0 aromatic heterocycles. The molecule has 1 amide bonds. The van der Waals surface area contributed by atoms with Crippen LogP contribution in [0.1, 0.15) is 36.5 Å². The van der Waals surface area contributed by atoms with E-state index < -0.39 is 0 Å². The van der Waals surface area contributed by atoms with Crippen molar-refractivity contribution in [3.05, 3.63) is 65.2 Å². The van der Waals surface area contributed by atoms with Gasteiger partial charge in [0.2, 0.25) is 5.91 Å². The second-order valence-electron chi connectivity index (χ2n) is 6.56. The fourth-order valence-electron chi connectivity index (χ4n) is 3.69. The molecule has 0 aliphatic heterocycles. The molecule has 0 heterocycles. The molecule has 1 aliphatic rings. The molecule has 0 bridgehead atoms. The van der Waals surface area contributed by atoms with Crippen LogP contribution in [0.4, 0.5) is 5.69 Å². The molecule has 3 nitrogen and oxygen atoms in total. The van der Waals surface area contributed by atoms with E-state index >= 15 is 0 Å². The van der Waals surface area contributed by atoms with Gasteiger partial charge in [0, 0.05) is 24.7 Å². The fraction of sp³-hybridized carbons (Fsp3) is 0.381. The summed E-state index contributed by atoms with van der Waals surface area (Å²) in [6, 6.07) is 16.8. The van der Waals surface area contributed by atoms with Gasteiger partial charge in [-0.3, -0.25) is 4.79 Å². The van der Waals surface area contributed by atoms with Crippen LogP contribution in [-0.4, -0.2) is 23.4 Å². The van der Waals surface area contributed by atoms with Crippen LogP contribution in [-0.2, 0) is 24.1 Å². The van der Waals surface area contributed by atoms with Crippen molar-refractivity contribution < 1.29 is 4.79 Å². The number of amides is 1. The molecule has 3 rings (SSSR count). The van der Waals surface area contributed by atoms with Crippen molar-refractivity contribution in [2.45, 2.75) is 45.1 Å². The van der Waals surface area contributed by atoms with Crippen molar-refractivity contribution in [1.82, 2.24) is 4.90 Å². The summed E-state index contributed by atoms with van der Waals surface area (Å²) in [4.78, 5) is 14.6. The summed E-state index contributed by atoms with van der Waals surface area (Å²) >= 11 is 0. The van der Waals surface area contributed by atoms with Crippen LogP contribution in [0.25, 0.3) is 0 Å². The molecule has 0 fully saturated rings. The third-order valence-corrected chi connectivity index (χ3v) is 5.04. The Morgan fingerprint density at radius 3 is 2.71 bits per heavy atom. The van der Waals surface area contributed by atoms with E-state index in [2.05, 4.69) is 35.2 Å². The normalized spacial score (nSPS) is 16.5. The van der Waals surface area contributed by atoms with Gasteiger partial charge in [0.05, 0.1) is 0 Å². The van der Waals surface area contributed by atoms with Crippen LogP contribution < -0.4 is 5.73 Å². The van der Waals surface area contributed by atoms with Crippen LogP contribution in [0.5, 0.6) is 0 Å². The Bertz CT molecular complexity index is 696. The van der Waals surface area contributed by atoms with Crippen molar-refractivity contribution >= 4 is 11.6 Å². The summed E-state index contributed by atoms with van der Waals surface area (Å²) in [5.41, 5.74) is 10.9. The molecular weight excluding hydrogens is 296 g/mol. The van der Waals surface area contributed by atoms with Gasteiger partial charge in [0.1, 0.15) is 0 Å². The first-order chi connectivity index (χ1) is 11.7. The number of anilines is 1. The second-order valence-corrected chi connectivity index (χ2v) is 6.56. The number of nitrogens with two attached hydrogens (primary N) is 1. The molecule has 2 N–H and O–H groups in total. The van der Waals surface area contributed by atoms with Crippen molar-refractivity contribution in [3.8, 4) is 0 Å². The van der Waals surface area contributed by atoms with Gasteiger partial charge in [0.25, 0.3) is 0 Å². The van der Waals surface area contributed by atoms with Crippen molar-refractivity contribution in [1.29, 1.82) is 0 Å². The summed E-state index contributed by atoms with van der Waals surface area (Å²) in [5, 5.41) is 0. The molecule has 0 saturated heterocycles. The van der Waals surface area contributed by atoms with Gasteiger partial charge in [-0.25, -0.2) is 0 Å². The lowest BCUT2D eigenvalue weighted by atomic mass is 9.86. The van der Waals surface area contributed by atoms with Gasteiger partial charge in [-0.15, -0.1) is 0 Å². The van der Waals surface area contributed by atoms with E-state index in [4.69, 9.17) is 5.73 Å². The first-order valence-corrected chi connectivity index (χ1v) is 8.88. The topological polar surface area (TPSA) is 46.3 Å². The zero-order valence-corrected chi connectivity index (χ0v) is 14.4. The summed E-state index contributed by atoms with van der Waals surface area (Å²) in [6.45, 7) is 2.74. The summed E-state index contributed by atoms with van der Waals surface area (Å²) in [7, 11) is 0. The maximum Gasteiger partial charge on any atom is 0.222 e. The SMILES string of the molecule is CCC(=O)N(CCc1ccccc1)C1CCc2c(N)cccc2C1. The van der Waals surface area contributed by atoms with E-state index in [0.717, 1.165) is 37.9 Å². The fourth-order valence-corrected chi connectivity index (χ4v) is 3.69. The predicted molar refractivity (Wildman–Crippen MR) is 98.8 cm³/mol. The lowest BCUT2D eigenvalue weighted by Gasteiger charge is -2.35. The molecular formula is C21H26N2O. The van der Waals surface area contributed by atoms with E-state index in [9.17, 15) is 4.79 Å². The first-order valence-electron chi connectivity index (χ1n) is 8.88. The number of nitrogens with zero attached hydrogens (tertiary/aromatic N) is 1. The molecule has 1 unspecified atom stereocenters. The van der Waals surface area contributed by atoms with Crippen LogP contribution >= 0.6 is 0 Å². The largest absolute Gasteiger partial charge is 0.398 e. The Hall–Kier alpha value is -2.29. The van der Waals surface area contributed by atoms with Crippen molar-refractivity contribution in [2.75, 3.05) is 12.3 Å². The minimum atomic E-state index is 0.253. The Balaban J connectivity index is 1.73. The number of carbonyl (C=O) groups is 1. The lowest BCUT2D eigenvalue weighted by Crippen LogP contribution is -2.44. The number of rotatable bonds is 5. The number of hydrogen-bond donors (Lipinski definition) is 1. The number of carbonyl (C=O) groups excluding carboxylic acids is 1. The third-order valence-electron chi connectivity index (χ3n) is 5.04. The molecule has 2 aromatic rings. The molecule has 1 aliphatic carbocycles. The lowest BCUT2D eigenvalue weighted by molar-refractivity contribution is -0.133. The third kappa shape index (κ3) is 3.61. The first kappa shape index (κ1) is 16.6. The van der Waals surface area contributed by atoms with Crippen LogP contribution in [0, 0.1) is 0 Å². The average molecular weight is 322 g/mol. The molecule has 0 spiro atoms. The minimum Gasteiger partial charge on any atom is -0.398 e. The Morgan fingerprint density at radius 1 is 1.17 bits per heavy atom. The number of benzene rings is 2. The Kier molecular flexibility index (Phi) is 5.19. The minimum absolute atomic E-state index is 0.253. The summed E-state index contributed by atoms with van der Waals surface area (Å²) in [5.74, 6) is 0.253. The van der Waals surface area contributed by atoms with E-state index in [0.29, 0.717) is 6.42 Å². The van der Waals surface area contributed by atoms with Gasteiger partial charge in [-0.05, 0) is 48.4 Å². The predicted octanol–water partition coefficient (Wildman–Crippen LogP) is 3.61. The zero-order chi connectivity index (χ0) is 16.9. The van der Waals surface area contributed by atoms with E-state index in [1.165, 1.54) is 16.7 Å². The molecule has 2 aromatic carbocycles. The molecule has 1 atom stereocenters. The van der Waals surface area contributed by atoms with Crippen molar-refractivity contribution in [3.63, 3.8) is 0 Å². The average Bonchev–Trinajstić information content (AvgIpc) is 2.62. The van der Waals surface area contributed by atoms with Crippen LogP contribution in [0.15, 0.2) is 48.5 Å². The number of nitrogen functional groups attached to an aromatic ring is 1. The highest BCUT2D eigenvalue weighted by atomic mass is 16.2. The van der Waals surface area contributed by atoms with Crippen molar-refractivity contribution in [2.24, 2.45) is 0 Å². The highest BCUT2D eigenvalue weighted by molar-refractivity contribution is 5.76. The molecule has 0 saturated carbocycles. The second kappa shape index (κ2) is 7.52. The summed E-state index contributed by atoms with van der Waals surface area (Å²) in [6.07, 6.45) is 4.36. The van der Waals surface area contributed by atoms with Gasteiger partial charge < -0.3 is 10.6 Å². The zero-order valence-electron chi connectivity index (χ0n) is 14.4. The van der Waals surface area contributed by atoms with E-state index in [-0.39, 0.29) is 11.9 Å².